The van der Waals surface area contributed by atoms with Gasteiger partial charge >= 0.3 is 18.1 Å². The Kier molecular flexibility index (Phi) is 3.79. The zero-order valence-corrected chi connectivity index (χ0v) is 9.17. The van der Waals surface area contributed by atoms with Crippen LogP contribution in [0.15, 0.2) is 18.2 Å². The van der Waals surface area contributed by atoms with Crippen LogP contribution in [-0.2, 0) is 9.53 Å². The summed E-state index contributed by atoms with van der Waals surface area (Å²) in [6, 6.07) is 3.39. The summed E-state index contributed by atoms with van der Waals surface area (Å²) in [6.07, 6.45) is -5.01. The lowest BCUT2D eigenvalue weighted by Crippen LogP contribution is -2.30. The second kappa shape index (κ2) is 4.94. The van der Waals surface area contributed by atoms with Gasteiger partial charge in [-0.3, -0.25) is 4.79 Å². The lowest BCUT2D eigenvalue weighted by molar-refractivity contribution is -0.167. The lowest BCUT2D eigenvalue weighted by atomic mass is 10.1. The molecule has 0 saturated heterocycles. The number of nitrogens with two attached hydrogens (primary N) is 1. The Labute approximate surface area is 99.7 Å². The van der Waals surface area contributed by atoms with E-state index in [1.807, 2.05) is 0 Å². The minimum Gasteiger partial charge on any atom is -0.465 e. The van der Waals surface area contributed by atoms with E-state index in [1.165, 1.54) is 6.07 Å². The minimum absolute atomic E-state index is 0.0695. The Morgan fingerprint density at radius 2 is 1.94 bits per heavy atom. The molecule has 0 aliphatic heterocycles. The van der Waals surface area contributed by atoms with E-state index < -0.39 is 18.1 Å². The van der Waals surface area contributed by atoms with E-state index in [1.54, 1.807) is 5.32 Å². The van der Waals surface area contributed by atoms with Gasteiger partial charge in [0.15, 0.2) is 0 Å². The van der Waals surface area contributed by atoms with Crippen molar-refractivity contribution in [1.29, 1.82) is 0 Å². The van der Waals surface area contributed by atoms with Crippen LogP contribution >= 0.6 is 0 Å². The van der Waals surface area contributed by atoms with Gasteiger partial charge in [0.2, 0.25) is 0 Å². The molecule has 5 nitrogen and oxygen atoms in total. The van der Waals surface area contributed by atoms with E-state index in [0.717, 1.165) is 19.2 Å². The van der Waals surface area contributed by atoms with Gasteiger partial charge in [-0.1, -0.05) is 0 Å². The quantitative estimate of drug-likeness (QED) is 0.626. The number of carbonyl (C=O) groups excluding carboxylic acids is 2. The molecule has 1 amide bonds. The summed E-state index contributed by atoms with van der Waals surface area (Å²) >= 11 is 0. The van der Waals surface area contributed by atoms with Crippen molar-refractivity contribution in [3.63, 3.8) is 0 Å². The maximum atomic E-state index is 12.0. The summed E-state index contributed by atoms with van der Waals surface area (Å²) in [5.74, 6) is -2.82. The van der Waals surface area contributed by atoms with Gasteiger partial charge in [-0.05, 0) is 18.2 Å². The van der Waals surface area contributed by atoms with Crippen LogP contribution in [0.1, 0.15) is 10.4 Å². The highest BCUT2D eigenvalue weighted by Crippen LogP contribution is 2.23. The molecule has 3 N–H and O–H groups in total. The second-order valence-corrected chi connectivity index (χ2v) is 3.25. The number of esters is 1. The van der Waals surface area contributed by atoms with Crippen LogP contribution in [0.4, 0.5) is 24.5 Å². The van der Waals surface area contributed by atoms with Gasteiger partial charge in [-0.25, -0.2) is 4.79 Å². The molecular formula is C10H9F3N2O3. The molecule has 0 bridgehead atoms. The van der Waals surface area contributed by atoms with Crippen molar-refractivity contribution in [3.05, 3.63) is 23.8 Å². The van der Waals surface area contributed by atoms with Crippen molar-refractivity contribution >= 4 is 23.3 Å². The number of carbonyl (C=O) groups is 2. The van der Waals surface area contributed by atoms with Crippen LogP contribution in [0.2, 0.25) is 0 Å². The molecule has 0 radical (unpaired) electrons. The van der Waals surface area contributed by atoms with Gasteiger partial charge in [0.05, 0.1) is 24.0 Å². The molecule has 0 saturated carbocycles. The monoisotopic (exact) mass is 262 g/mol. The molecule has 0 spiro atoms. The van der Waals surface area contributed by atoms with Crippen LogP contribution in [0.3, 0.4) is 0 Å². The molecule has 98 valence electrons. The molecule has 8 heteroatoms. The number of hydrogen-bond acceptors (Lipinski definition) is 4. The van der Waals surface area contributed by atoms with E-state index >= 15 is 0 Å². The fraction of sp³-hybridized carbons (Fsp3) is 0.200. The van der Waals surface area contributed by atoms with Crippen molar-refractivity contribution in [1.82, 2.24) is 0 Å². The molecule has 0 atom stereocenters. The molecule has 1 rings (SSSR count). The smallest absolute Gasteiger partial charge is 0.465 e. The number of anilines is 2. The number of alkyl halides is 3. The number of nitrogen functional groups attached to an aromatic ring is 1. The Morgan fingerprint density at radius 3 is 2.39 bits per heavy atom. The van der Waals surface area contributed by atoms with Crippen molar-refractivity contribution in [2.24, 2.45) is 0 Å². The maximum Gasteiger partial charge on any atom is 0.471 e. The summed E-state index contributed by atoms with van der Waals surface area (Å²) in [5.41, 5.74) is 5.08. The SMILES string of the molecule is COC(=O)c1ccc(NC(=O)C(F)(F)F)c(N)c1. The van der Waals surface area contributed by atoms with E-state index in [0.29, 0.717) is 0 Å². The number of ether oxygens (including phenoxy) is 1. The van der Waals surface area contributed by atoms with Crippen molar-refractivity contribution in [3.8, 4) is 0 Å². The van der Waals surface area contributed by atoms with E-state index in [2.05, 4.69) is 4.74 Å². The fourth-order valence-corrected chi connectivity index (χ4v) is 1.11. The third kappa shape index (κ3) is 3.12. The molecule has 0 heterocycles. The predicted octanol–water partition coefficient (Wildman–Crippen LogP) is 1.56. The Bertz CT molecular complexity index is 486. The number of nitrogens with one attached hydrogen (secondary N) is 1. The summed E-state index contributed by atoms with van der Waals surface area (Å²) in [5, 5.41) is 1.59. The van der Waals surface area contributed by atoms with E-state index in [9.17, 15) is 22.8 Å². The van der Waals surface area contributed by atoms with Gasteiger partial charge in [-0.15, -0.1) is 0 Å². The first kappa shape index (κ1) is 13.8. The zero-order valence-electron chi connectivity index (χ0n) is 9.17. The zero-order chi connectivity index (χ0) is 13.9. The van der Waals surface area contributed by atoms with Crippen LogP contribution in [0.25, 0.3) is 0 Å². The van der Waals surface area contributed by atoms with E-state index in [-0.39, 0.29) is 16.9 Å². The minimum atomic E-state index is -5.01. The van der Waals surface area contributed by atoms with Gasteiger partial charge in [0.25, 0.3) is 0 Å². The molecule has 0 fully saturated rings. The van der Waals surface area contributed by atoms with Gasteiger partial charge in [0, 0.05) is 0 Å². The van der Waals surface area contributed by atoms with E-state index in [4.69, 9.17) is 5.73 Å². The van der Waals surface area contributed by atoms with Crippen LogP contribution in [0.5, 0.6) is 0 Å². The van der Waals surface area contributed by atoms with Crippen LogP contribution < -0.4 is 11.1 Å². The largest absolute Gasteiger partial charge is 0.471 e. The highest BCUT2D eigenvalue weighted by Gasteiger charge is 2.38. The number of methoxy groups -OCH3 is 1. The molecular weight excluding hydrogens is 253 g/mol. The first-order valence-corrected chi connectivity index (χ1v) is 4.61. The average Bonchev–Trinajstić information content (AvgIpc) is 2.29. The topological polar surface area (TPSA) is 81.4 Å². The van der Waals surface area contributed by atoms with Crippen molar-refractivity contribution < 1.29 is 27.5 Å². The van der Waals surface area contributed by atoms with Gasteiger partial charge < -0.3 is 15.8 Å². The Balaban J connectivity index is 2.94. The van der Waals surface area contributed by atoms with Crippen molar-refractivity contribution in [2.75, 3.05) is 18.2 Å². The molecule has 0 unspecified atom stereocenters. The molecule has 0 aromatic heterocycles. The van der Waals surface area contributed by atoms with Crippen LogP contribution in [-0.4, -0.2) is 25.2 Å². The van der Waals surface area contributed by atoms with Gasteiger partial charge in [0.1, 0.15) is 0 Å². The third-order valence-electron chi connectivity index (χ3n) is 1.98. The molecule has 18 heavy (non-hydrogen) atoms. The second-order valence-electron chi connectivity index (χ2n) is 3.25. The van der Waals surface area contributed by atoms with Crippen molar-refractivity contribution in [2.45, 2.75) is 6.18 Å². The lowest BCUT2D eigenvalue weighted by Gasteiger charge is -2.10. The fourth-order valence-electron chi connectivity index (χ4n) is 1.11. The summed E-state index contributed by atoms with van der Waals surface area (Å²) < 4.78 is 40.4. The third-order valence-corrected chi connectivity index (χ3v) is 1.98. The summed E-state index contributed by atoms with van der Waals surface area (Å²) in [4.78, 5) is 21.8. The number of amides is 1. The molecule has 1 aromatic rings. The first-order valence-electron chi connectivity index (χ1n) is 4.61. The molecule has 0 aliphatic rings. The predicted molar refractivity (Wildman–Crippen MR) is 56.9 cm³/mol. The molecule has 0 aliphatic carbocycles. The number of halogens is 3. The summed E-state index contributed by atoms with van der Waals surface area (Å²) in [7, 11) is 1.15. The standard InChI is InChI=1S/C10H9F3N2O3/c1-18-8(16)5-2-3-7(6(14)4-5)15-9(17)10(11,12)13/h2-4H,14H2,1H3,(H,15,17). The average molecular weight is 262 g/mol. The summed E-state index contributed by atoms with van der Waals surface area (Å²) in [6.45, 7) is 0. The number of benzene rings is 1. The first-order chi connectivity index (χ1) is 8.25. The Morgan fingerprint density at radius 1 is 1.33 bits per heavy atom. The highest BCUT2D eigenvalue weighted by atomic mass is 19.4. The van der Waals surface area contributed by atoms with Gasteiger partial charge in [-0.2, -0.15) is 13.2 Å². The van der Waals surface area contributed by atoms with Crippen LogP contribution in [0, 0.1) is 0 Å². The Hall–Kier alpha value is -2.25. The number of rotatable bonds is 2. The normalized spacial score (nSPS) is 10.9. The number of hydrogen-bond donors (Lipinski definition) is 2. The molecule has 1 aromatic carbocycles. The maximum absolute atomic E-state index is 12.0. The highest BCUT2D eigenvalue weighted by molar-refractivity contribution is 5.99.